The molecule has 26 heavy (non-hydrogen) atoms. The molecule has 2 amide bonds. The van der Waals surface area contributed by atoms with Crippen LogP contribution in [-0.4, -0.2) is 31.2 Å². The zero-order chi connectivity index (χ0) is 18.8. The Bertz CT molecular complexity index is 874. The normalized spacial score (nSPS) is 15.8. The summed E-state index contributed by atoms with van der Waals surface area (Å²) in [4.78, 5) is 27.6. The molecule has 1 heterocycles. The summed E-state index contributed by atoms with van der Waals surface area (Å²) in [5.41, 5.74) is 2.12. The van der Waals surface area contributed by atoms with E-state index in [4.69, 9.17) is 23.2 Å². The van der Waals surface area contributed by atoms with Crippen molar-refractivity contribution in [2.75, 3.05) is 29.6 Å². The summed E-state index contributed by atoms with van der Waals surface area (Å²) in [5.74, 6) is -0.459. The van der Waals surface area contributed by atoms with Gasteiger partial charge in [0.25, 0.3) is 0 Å². The van der Waals surface area contributed by atoms with Gasteiger partial charge in [0.2, 0.25) is 11.8 Å². The van der Waals surface area contributed by atoms with E-state index in [2.05, 4.69) is 10.6 Å². The Hall–Kier alpha value is -1.89. The Labute approximate surface area is 166 Å². The van der Waals surface area contributed by atoms with Gasteiger partial charge in [-0.3, -0.25) is 9.59 Å². The summed E-state index contributed by atoms with van der Waals surface area (Å²) >= 11 is 13.3. The van der Waals surface area contributed by atoms with E-state index in [1.165, 1.54) is 11.8 Å². The number of rotatable bonds is 4. The van der Waals surface area contributed by atoms with Crippen molar-refractivity contribution in [3.8, 4) is 0 Å². The van der Waals surface area contributed by atoms with Gasteiger partial charge in [-0.15, -0.1) is 11.8 Å². The minimum atomic E-state index is -0.509. The van der Waals surface area contributed by atoms with Gasteiger partial charge in [0.05, 0.1) is 22.3 Å². The average molecular weight is 410 g/mol. The highest BCUT2D eigenvalue weighted by Crippen LogP contribution is 2.38. The first kappa shape index (κ1) is 18.9. The highest BCUT2D eigenvalue weighted by Gasteiger charge is 2.29. The Morgan fingerprint density at radius 3 is 2.62 bits per heavy atom. The fraction of sp³-hybridized carbons (Fsp3) is 0.222. The number of carbonyl (C=O) groups is 2. The second kappa shape index (κ2) is 7.78. The Morgan fingerprint density at radius 2 is 1.88 bits per heavy atom. The van der Waals surface area contributed by atoms with Gasteiger partial charge in [-0.25, -0.2) is 0 Å². The van der Waals surface area contributed by atoms with E-state index in [1.807, 2.05) is 31.1 Å². The van der Waals surface area contributed by atoms with Gasteiger partial charge in [-0.1, -0.05) is 23.2 Å². The number of hydrogen-bond acceptors (Lipinski definition) is 4. The lowest BCUT2D eigenvalue weighted by Gasteiger charge is -2.24. The van der Waals surface area contributed by atoms with Crippen LogP contribution >= 0.6 is 35.0 Å². The van der Waals surface area contributed by atoms with Gasteiger partial charge < -0.3 is 15.5 Å². The first-order valence-electron chi connectivity index (χ1n) is 7.87. The molecule has 2 aromatic carbocycles. The third kappa shape index (κ3) is 4.26. The molecule has 136 valence electrons. The van der Waals surface area contributed by atoms with Gasteiger partial charge >= 0.3 is 0 Å². The molecule has 3 rings (SSSR count). The molecular weight excluding hydrogens is 393 g/mol. The average Bonchev–Trinajstić information content (AvgIpc) is 2.55. The summed E-state index contributed by atoms with van der Waals surface area (Å²) in [6.45, 7) is 0. The van der Waals surface area contributed by atoms with E-state index in [-0.39, 0.29) is 18.2 Å². The highest BCUT2D eigenvalue weighted by atomic mass is 35.5. The number of nitrogens with zero attached hydrogens (tertiary/aromatic N) is 1. The zero-order valence-electron chi connectivity index (χ0n) is 14.2. The van der Waals surface area contributed by atoms with Crippen molar-refractivity contribution in [3.05, 3.63) is 46.4 Å². The third-order valence-electron chi connectivity index (χ3n) is 3.85. The molecule has 0 bridgehead atoms. The molecule has 0 spiro atoms. The second-order valence-corrected chi connectivity index (χ2v) is 8.16. The minimum absolute atomic E-state index is 0.0535. The maximum absolute atomic E-state index is 12.5. The molecule has 0 saturated carbocycles. The van der Waals surface area contributed by atoms with E-state index in [0.717, 1.165) is 10.6 Å². The van der Waals surface area contributed by atoms with Crippen molar-refractivity contribution in [1.82, 2.24) is 0 Å². The van der Waals surface area contributed by atoms with E-state index < -0.39 is 5.25 Å². The number of fused-ring (bicyclic) bond motifs is 1. The van der Waals surface area contributed by atoms with E-state index in [0.29, 0.717) is 21.4 Å². The van der Waals surface area contributed by atoms with Crippen LogP contribution < -0.4 is 15.5 Å². The van der Waals surface area contributed by atoms with Crippen molar-refractivity contribution in [2.45, 2.75) is 16.6 Å². The van der Waals surface area contributed by atoms with Crippen LogP contribution in [0.25, 0.3) is 0 Å². The van der Waals surface area contributed by atoms with Gasteiger partial charge in [0, 0.05) is 35.5 Å². The van der Waals surface area contributed by atoms with Crippen LogP contribution in [0.4, 0.5) is 17.1 Å². The number of amides is 2. The number of benzene rings is 2. The molecular formula is C18H17Cl2N3O2S. The largest absolute Gasteiger partial charge is 0.376 e. The summed E-state index contributed by atoms with van der Waals surface area (Å²) in [5, 5.41) is 6.23. The maximum atomic E-state index is 12.5. The molecule has 0 saturated heterocycles. The van der Waals surface area contributed by atoms with Gasteiger partial charge in [0.1, 0.15) is 0 Å². The van der Waals surface area contributed by atoms with Crippen molar-refractivity contribution in [3.63, 3.8) is 0 Å². The van der Waals surface area contributed by atoms with Gasteiger partial charge in [-0.2, -0.15) is 0 Å². The molecule has 0 radical (unpaired) electrons. The first-order valence-corrected chi connectivity index (χ1v) is 9.51. The zero-order valence-corrected chi connectivity index (χ0v) is 16.5. The topological polar surface area (TPSA) is 61.4 Å². The summed E-state index contributed by atoms with van der Waals surface area (Å²) in [6.07, 6.45) is 0.0535. The minimum Gasteiger partial charge on any atom is -0.376 e. The number of halogens is 2. The van der Waals surface area contributed by atoms with E-state index >= 15 is 0 Å². The SMILES string of the molecule is CN(C)c1ccc(Cl)cc1NC(=O)CC1Sc2ccc(Cl)cc2NC1=O. The van der Waals surface area contributed by atoms with Crippen molar-refractivity contribution in [2.24, 2.45) is 0 Å². The molecule has 0 aromatic heterocycles. The lowest BCUT2D eigenvalue weighted by atomic mass is 10.2. The number of thioether (sulfide) groups is 1. The number of hydrogen-bond donors (Lipinski definition) is 2. The van der Waals surface area contributed by atoms with Gasteiger partial charge in [-0.05, 0) is 36.4 Å². The molecule has 1 unspecified atom stereocenters. The molecule has 1 aliphatic heterocycles. The molecule has 2 aromatic rings. The number of carbonyl (C=O) groups excluding carboxylic acids is 2. The van der Waals surface area contributed by atoms with Crippen molar-refractivity contribution in [1.29, 1.82) is 0 Å². The van der Waals surface area contributed by atoms with Crippen LogP contribution in [0.5, 0.6) is 0 Å². The molecule has 1 aliphatic rings. The summed E-state index contributed by atoms with van der Waals surface area (Å²) in [6, 6.07) is 10.6. The quantitative estimate of drug-likeness (QED) is 0.779. The number of nitrogens with one attached hydrogen (secondary N) is 2. The lowest BCUT2D eigenvalue weighted by Crippen LogP contribution is -2.32. The van der Waals surface area contributed by atoms with Crippen LogP contribution in [0, 0.1) is 0 Å². The Morgan fingerprint density at radius 1 is 1.19 bits per heavy atom. The Balaban J connectivity index is 1.72. The third-order valence-corrected chi connectivity index (χ3v) is 5.59. The summed E-state index contributed by atoms with van der Waals surface area (Å²) < 4.78 is 0. The van der Waals surface area contributed by atoms with Crippen LogP contribution in [0.1, 0.15) is 6.42 Å². The fourth-order valence-corrected chi connectivity index (χ4v) is 4.06. The molecule has 2 N–H and O–H groups in total. The lowest BCUT2D eigenvalue weighted by molar-refractivity contribution is -0.120. The van der Waals surface area contributed by atoms with Crippen LogP contribution in [0.3, 0.4) is 0 Å². The number of anilines is 3. The Kier molecular flexibility index (Phi) is 5.65. The predicted octanol–water partition coefficient (Wildman–Crippen LogP) is 4.50. The first-order chi connectivity index (χ1) is 12.3. The standard InChI is InChI=1S/C18H17Cl2N3O2S/c1-23(2)14-5-3-10(19)7-12(14)21-17(24)9-16-18(25)22-13-8-11(20)4-6-15(13)26-16/h3-8,16H,9H2,1-2H3,(H,21,24)(H,22,25). The summed E-state index contributed by atoms with van der Waals surface area (Å²) in [7, 11) is 3.76. The maximum Gasteiger partial charge on any atom is 0.238 e. The molecule has 8 heteroatoms. The fourth-order valence-electron chi connectivity index (χ4n) is 2.63. The van der Waals surface area contributed by atoms with Crippen LogP contribution in [-0.2, 0) is 9.59 Å². The van der Waals surface area contributed by atoms with Crippen molar-refractivity contribution >= 4 is 63.8 Å². The second-order valence-electron chi connectivity index (χ2n) is 6.04. The monoisotopic (exact) mass is 409 g/mol. The van der Waals surface area contributed by atoms with Crippen LogP contribution in [0.15, 0.2) is 41.3 Å². The van der Waals surface area contributed by atoms with Crippen molar-refractivity contribution < 1.29 is 9.59 Å². The molecule has 0 fully saturated rings. The smallest absolute Gasteiger partial charge is 0.238 e. The highest BCUT2D eigenvalue weighted by molar-refractivity contribution is 8.01. The van der Waals surface area contributed by atoms with E-state index in [9.17, 15) is 9.59 Å². The van der Waals surface area contributed by atoms with E-state index in [1.54, 1.807) is 24.3 Å². The molecule has 5 nitrogen and oxygen atoms in total. The molecule has 0 aliphatic carbocycles. The molecule has 1 atom stereocenters. The van der Waals surface area contributed by atoms with Gasteiger partial charge in [0.15, 0.2) is 0 Å². The van der Waals surface area contributed by atoms with Crippen LogP contribution in [0.2, 0.25) is 10.0 Å². The predicted molar refractivity (Wildman–Crippen MR) is 109 cm³/mol.